The van der Waals surface area contributed by atoms with Crippen LogP contribution in [0.15, 0.2) is 18.2 Å². The molecule has 0 aliphatic carbocycles. The molecule has 0 fully saturated rings. The number of nitrogens with one attached hydrogen (secondary N) is 1. The van der Waals surface area contributed by atoms with Crippen molar-refractivity contribution in [2.75, 3.05) is 20.7 Å². The zero-order valence-corrected chi connectivity index (χ0v) is 8.83. The zero-order valence-electron chi connectivity index (χ0n) is 8.83. The maximum absolute atomic E-state index is 10.7. The van der Waals surface area contributed by atoms with Gasteiger partial charge in [0.15, 0.2) is 6.29 Å². The highest BCUT2D eigenvalue weighted by Crippen LogP contribution is 2.15. The van der Waals surface area contributed by atoms with Crippen molar-refractivity contribution >= 4 is 6.29 Å². The van der Waals surface area contributed by atoms with Crippen molar-refractivity contribution in [1.29, 1.82) is 0 Å². The molecule has 0 radical (unpaired) electrons. The second-order valence-corrected chi connectivity index (χ2v) is 2.90. The van der Waals surface area contributed by atoms with Gasteiger partial charge in [0.05, 0.1) is 13.7 Å². The minimum atomic E-state index is 0.583. The fourth-order valence-corrected chi connectivity index (χ4v) is 1.10. The van der Waals surface area contributed by atoms with Crippen molar-refractivity contribution in [3.63, 3.8) is 0 Å². The quantitative estimate of drug-likeness (QED) is 0.590. The monoisotopic (exact) mass is 203 g/mol. The standard InChI is InChI=1S/C12H13NO2/c1-13-7-3-4-10-8-12(15-2)6-5-11(10)9-14/h5-6,8-9,13H,7H2,1-2H3. The molecule has 0 aliphatic rings. The molecule has 0 amide bonds. The minimum Gasteiger partial charge on any atom is -0.497 e. The van der Waals surface area contributed by atoms with Crippen molar-refractivity contribution in [1.82, 2.24) is 5.32 Å². The number of aldehydes is 1. The van der Waals surface area contributed by atoms with Crippen LogP contribution in [0.2, 0.25) is 0 Å². The number of hydrogen-bond acceptors (Lipinski definition) is 3. The summed E-state index contributed by atoms with van der Waals surface area (Å²) < 4.78 is 5.06. The second kappa shape index (κ2) is 5.84. The first kappa shape index (κ1) is 11.3. The van der Waals surface area contributed by atoms with Crippen LogP contribution in [0.5, 0.6) is 5.75 Å². The van der Waals surface area contributed by atoms with Crippen LogP contribution in [0, 0.1) is 11.8 Å². The molecule has 15 heavy (non-hydrogen) atoms. The van der Waals surface area contributed by atoms with Gasteiger partial charge in [-0.15, -0.1) is 0 Å². The number of benzene rings is 1. The van der Waals surface area contributed by atoms with E-state index in [1.807, 2.05) is 7.05 Å². The third-order valence-electron chi connectivity index (χ3n) is 1.88. The third kappa shape index (κ3) is 3.12. The van der Waals surface area contributed by atoms with Gasteiger partial charge in [0, 0.05) is 11.1 Å². The molecule has 0 spiro atoms. The summed E-state index contributed by atoms with van der Waals surface area (Å²) in [6, 6.07) is 5.20. The van der Waals surface area contributed by atoms with Crippen LogP contribution in [-0.2, 0) is 0 Å². The Morgan fingerprint density at radius 3 is 2.93 bits per heavy atom. The van der Waals surface area contributed by atoms with Crippen molar-refractivity contribution in [2.45, 2.75) is 0 Å². The van der Waals surface area contributed by atoms with E-state index in [-0.39, 0.29) is 0 Å². The largest absolute Gasteiger partial charge is 0.497 e. The number of carbonyl (C=O) groups excluding carboxylic acids is 1. The Morgan fingerprint density at radius 2 is 2.33 bits per heavy atom. The number of methoxy groups -OCH3 is 1. The lowest BCUT2D eigenvalue weighted by Gasteiger charge is -2.01. The van der Waals surface area contributed by atoms with Crippen LogP contribution in [0.25, 0.3) is 0 Å². The maximum Gasteiger partial charge on any atom is 0.151 e. The first-order valence-corrected chi connectivity index (χ1v) is 4.58. The molecule has 0 aliphatic heterocycles. The molecule has 3 nitrogen and oxygen atoms in total. The SMILES string of the molecule is CNCC#Cc1cc(OC)ccc1C=O. The molecule has 1 N–H and O–H groups in total. The molecule has 78 valence electrons. The molecule has 1 rings (SSSR count). The highest BCUT2D eigenvalue weighted by Gasteiger charge is 2.00. The average molecular weight is 203 g/mol. The Kier molecular flexibility index (Phi) is 4.39. The summed E-state index contributed by atoms with van der Waals surface area (Å²) in [7, 11) is 3.40. The van der Waals surface area contributed by atoms with Gasteiger partial charge in [0.25, 0.3) is 0 Å². The maximum atomic E-state index is 10.7. The molecule has 1 aromatic carbocycles. The van der Waals surface area contributed by atoms with E-state index in [1.165, 1.54) is 0 Å². The van der Waals surface area contributed by atoms with Gasteiger partial charge in [0.1, 0.15) is 5.75 Å². The van der Waals surface area contributed by atoms with Gasteiger partial charge in [-0.1, -0.05) is 11.8 Å². The minimum absolute atomic E-state index is 0.583. The Labute approximate surface area is 89.4 Å². The smallest absolute Gasteiger partial charge is 0.151 e. The summed E-state index contributed by atoms with van der Waals surface area (Å²) in [5.74, 6) is 6.52. The highest BCUT2D eigenvalue weighted by molar-refractivity contribution is 5.79. The normalized spacial score (nSPS) is 8.93. The van der Waals surface area contributed by atoms with E-state index in [9.17, 15) is 4.79 Å². The van der Waals surface area contributed by atoms with Gasteiger partial charge in [-0.25, -0.2) is 0 Å². The van der Waals surface area contributed by atoms with E-state index in [1.54, 1.807) is 25.3 Å². The van der Waals surface area contributed by atoms with Gasteiger partial charge in [0.2, 0.25) is 0 Å². The van der Waals surface area contributed by atoms with E-state index < -0.39 is 0 Å². The van der Waals surface area contributed by atoms with E-state index in [2.05, 4.69) is 17.2 Å². The molecular weight excluding hydrogens is 190 g/mol. The van der Waals surface area contributed by atoms with E-state index in [4.69, 9.17) is 4.74 Å². The molecule has 0 atom stereocenters. The molecule has 0 saturated heterocycles. The van der Waals surface area contributed by atoms with Crippen molar-refractivity contribution in [3.05, 3.63) is 29.3 Å². The van der Waals surface area contributed by atoms with Gasteiger partial charge < -0.3 is 10.1 Å². The van der Waals surface area contributed by atoms with Crippen molar-refractivity contribution in [2.24, 2.45) is 0 Å². The highest BCUT2D eigenvalue weighted by atomic mass is 16.5. The van der Waals surface area contributed by atoms with Crippen LogP contribution in [0.1, 0.15) is 15.9 Å². The first-order valence-electron chi connectivity index (χ1n) is 4.58. The van der Waals surface area contributed by atoms with Gasteiger partial charge in [-0.05, 0) is 25.2 Å². The predicted molar refractivity (Wildman–Crippen MR) is 59.2 cm³/mol. The van der Waals surface area contributed by atoms with Crippen LogP contribution >= 0.6 is 0 Å². The first-order chi connectivity index (χ1) is 7.31. The van der Waals surface area contributed by atoms with Crippen LogP contribution in [0.4, 0.5) is 0 Å². The van der Waals surface area contributed by atoms with Crippen molar-refractivity contribution in [3.8, 4) is 17.6 Å². The van der Waals surface area contributed by atoms with E-state index in [0.29, 0.717) is 23.4 Å². The lowest BCUT2D eigenvalue weighted by atomic mass is 10.1. The van der Waals surface area contributed by atoms with Gasteiger partial charge in [-0.3, -0.25) is 4.79 Å². The fraction of sp³-hybridized carbons (Fsp3) is 0.250. The van der Waals surface area contributed by atoms with Crippen LogP contribution in [0.3, 0.4) is 0 Å². The van der Waals surface area contributed by atoms with Gasteiger partial charge >= 0.3 is 0 Å². The lowest BCUT2D eigenvalue weighted by molar-refractivity contribution is 0.112. The molecule has 0 saturated carbocycles. The average Bonchev–Trinajstić information content (AvgIpc) is 2.29. The topological polar surface area (TPSA) is 38.3 Å². The molecule has 0 heterocycles. The summed E-state index contributed by atoms with van der Waals surface area (Å²) in [5.41, 5.74) is 1.28. The van der Waals surface area contributed by atoms with E-state index >= 15 is 0 Å². The van der Waals surface area contributed by atoms with Gasteiger partial charge in [-0.2, -0.15) is 0 Å². The second-order valence-electron chi connectivity index (χ2n) is 2.90. The molecule has 1 aromatic rings. The van der Waals surface area contributed by atoms with Crippen molar-refractivity contribution < 1.29 is 9.53 Å². The Balaban J connectivity index is 3.02. The Bertz CT molecular complexity index is 402. The van der Waals surface area contributed by atoms with E-state index in [0.717, 1.165) is 6.29 Å². The third-order valence-corrected chi connectivity index (χ3v) is 1.88. The summed E-state index contributed by atoms with van der Waals surface area (Å²) in [6.45, 7) is 0.593. The van der Waals surface area contributed by atoms with Crippen LogP contribution in [-0.4, -0.2) is 27.0 Å². The summed E-state index contributed by atoms with van der Waals surface area (Å²) in [5, 5.41) is 2.91. The number of ether oxygens (including phenoxy) is 1. The summed E-state index contributed by atoms with van der Waals surface area (Å²) in [6.07, 6.45) is 0.794. The molecule has 0 unspecified atom stereocenters. The number of rotatable bonds is 3. The molecule has 3 heteroatoms. The predicted octanol–water partition coefficient (Wildman–Crippen LogP) is 1.08. The Morgan fingerprint density at radius 1 is 1.53 bits per heavy atom. The summed E-state index contributed by atoms with van der Waals surface area (Å²) in [4.78, 5) is 10.7. The Hall–Kier alpha value is -1.79. The molecular formula is C12H13NO2. The fourth-order valence-electron chi connectivity index (χ4n) is 1.10. The summed E-state index contributed by atoms with van der Waals surface area (Å²) >= 11 is 0. The zero-order chi connectivity index (χ0) is 11.1. The number of carbonyl (C=O) groups is 1. The lowest BCUT2D eigenvalue weighted by Crippen LogP contribution is -2.04. The number of hydrogen-bond donors (Lipinski definition) is 1. The molecule has 0 bridgehead atoms. The van der Waals surface area contributed by atoms with Crippen LogP contribution < -0.4 is 10.1 Å². The molecule has 0 aromatic heterocycles.